The van der Waals surface area contributed by atoms with Crippen LogP contribution >= 0.6 is 0 Å². The molecular weight excluding hydrogens is 416 g/mol. The van der Waals surface area contributed by atoms with Gasteiger partial charge >= 0.3 is 11.9 Å². The number of hydrogen-bond donors (Lipinski definition) is 8. The summed E-state index contributed by atoms with van der Waals surface area (Å²) in [5.41, 5.74) is 15.9. The smallest absolute Gasteiger partial charge is 0.326 e. The highest BCUT2D eigenvalue weighted by Gasteiger charge is 2.31. The third-order valence-electron chi connectivity index (χ3n) is 4.03. The summed E-state index contributed by atoms with van der Waals surface area (Å²) in [5, 5.41) is 24.5. The zero-order chi connectivity index (χ0) is 24.1. The molecule has 0 aromatic carbocycles. The summed E-state index contributed by atoms with van der Waals surface area (Å²) in [5.74, 6) is -6.53. The van der Waals surface area contributed by atoms with Gasteiger partial charge in [0, 0.05) is 0 Å². The van der Waals surface area contributed by atoms with Crippen LogP contribution < -0.4 is 33.2 Å². The van der Waals surface area contributed by atoms with Crippen LogP contribution in [0.3, 0.4) is 0 Å². The van der Waals surface area contributed by atoms with Crippen molar-refractivity contribution in [2.45, 2.75) is 63.2 Å². The van der Waals surface area contributed by atoms with Gasteiger partial charge in [0.1, 0.15) is 18.1 Å². The van der Waals surface area contributed by atoms with Crippen LogP contribution in [0.4, 0.5) is 0 Å². The number of carbonyl (C=O) groups is 6. The second kappa shape index (κ2) is 13.9. The Balaban J connectivity index is 5.47. The van der Waals surface area contributed by atoms with E-state index in [1.54, 1.807) is 0 Å². The maximum Gasteiger partial charge on any atom is 0.326 e. The summed E-state index contributed by atoms with van der Waals surface area (Å²) in [7, 11) is 0. The largest absolute Gasteiger partial charge is 0.481 e. The maximum absolute atomic E-state index is 12.6. The maximum atomic E-state index is 12.6. The molecule has 0 aliphatic heterocycles. The molecule has 4 unspecified atom stereocenters. The fraction of sp³-hybridized carbons (Fsp3) is 0.647. The highest BCUT2D eigenvalue weighted by Crippen LogP contribution is 2.05. The lowest BCUT2D eigenvalue weighted by molar-refractivity contribution is -0.147. The molecule has 0 fully saturated rings. The predicted octanol–water partition coefficient (Wildman–Crippen LogP) is -3.65. The number of nitrogens with one attached hydrogen (secondary N) is 3. The molecule has 14 nitrogen and oxygen atoms in total. The van der Waals surface area contributed by atoms with Gasteiger partial charge in [-0.15, -0.1) is 0 Å². The number of carboxylic acids is 2. The van der Waals surface area contributed by atoms with E-state index in [-0.39, 0.29) is 6.42 Å². The lowest BCUT2D eigenvalue weighted by Gasteiger charge is -2.24. The average molecular weight is 446 g/mol. The van der Waals surface area contributed by atoms with E-state index in [0.29, 0.717) is 19.4 Å². The molecule has 4 amide bonds. The quantitative estimate of drug-likeness (QED) is 0.114. The highest BCUT2D eigenvalue weighted by molar-refractivity contribution is 5.96. The summed E-state index contributed by atoms with van der Waals surface area (Å²) >= 11 is 0. The van der Waals surface area contributed by atoms with Gasteiger partial charge in [0.15, 0.2) is 0 Å². The van der Waals surface area contributed by atoms with Gasteiger partial charge in [-0.2, -0.15) is 0 Å². The summed E-state index contributed by atoms with van der Waals surface area (Å²) in [6.07, 6.45) is -0.544. The SMILES string of the molecule is CC(N)C(=O)NC(CC(N)=O)C(=O)NC(CCCCN)C(=O)NC(CC(=O)O)C(=O)O. The van der Waals surface area contributed by atoms with E-state index >= 15 is 0 Å². The Kier molecular flexibility index (Phi) is 12.4. The van der Waals surface area contributed by atoms with Crippen molar-refractivity contribution in [1.82, 2.24) is 16.0 Å². The third-order valence-corrected chi connectivity index (χ3v) is 4.03. The van der Waals surface area contributed by atoms with Crippen molar-refractivity contribution in [2.75, 3.05) is 6.54 Å². The molecule has 176 valence electrons. The van der Waals surface area contributed by atoms with E-state index in [1.807, 2.05) is 0 Å². The van der Waals surface area contributed by atoms with Crippen LogP contribution in [0.1, 0.15) is 39.0 Å². The van der Waals surface area contributed by atoms with Gasteiger partial charge in [-0.05, 0) is 32.7 Å². The first-order chi connectivity index (χ1) is 14.4. The van der Waals surface area contributed by atoms with Crippen molar-refractivity contribution in [1.29, 1.82) is 0 Å². The number of primary amides is 1. The lowest BCUT2D eigenvalue weighted by Crippen LogP contribution is -2.57. The second-order valence-electron chi connectivity index (χ2n) is 6.86. The molecule has 0 aliphatic carbocycles. The molecule has 0 bridgehead atoms. The van der Waals surface area contributed by atoms with Crippen molar-refractivity contribution < 1.29 is 39.0 Å². The van der Waals surface area contributed by atoms with E-state index in [4.69, 9.17) is 27.4 Å². The minimum Gasteiger partial charge on any atom is -0.481 e. The second-order valence-corrected chi connectivity index (χ2v) is 6.86. The van der Waals surface area contributed by atoms with Gasteiger partial charge in [-0.25, -0.2) is 4.79 Å². The molecule has 31 heavy (non-hydrogen) atoms. The molecule has 4 atom stereocenters. The highest BCUT2D eigenvalue weighted by atomic mass is 16.4. The Bertz CT molecular complexity index is 684. The van der Waals surface area contributed by atoms with Crippen LogP contribution in [0.5, 0.6) is 0 Å². The van der Waals surface area contributed by atoms with Crippen molar-refractivity contribution >= 4 is 35.6 Å². The van der Waals surface area contributed by atoms with Crippen LogP contribution in [0.15, 0.2) is 0 Å². The molecule has 14 heteroatoms. The number of carbonyl (C=O) groups excluding carboxylic acids is 4. The molecular formula is C17H30N6O8. The summed E-state index contributed by atoms with van der Waals surface area (Å²) < 4.78 is 0. The van der Waals surface area contributed by atoms with Crippen molar-refractivity contribution in [3.63, 3.8) is 0 Å². The zero-order valence-electron chi connectivity index (χ0n) is 17.1. The van der Waals surface area contributed by atoms with E-state index in [0.717, 1.165) is 0 Å². The van der Waals surface area contributed by atoms with Crippen molar-refractivity contribution in [3.8, 4) is 0 Å². The van der Waals surface area contributed by atoms with Gasteiger partial charge in [0.05, 0.1) is 18.9 Å². The minimum absolute atomic E-state index is 0.0404. The van der Waals surface area contributed by atoms with Gasteiger partial charge in [0.2, 0.25) is 23.6 Å². The third kappa shape index (κ3) is 11.5. The number of hydrogen-bond acceptors (Lipinski definition) is 8. The number of unbranched alkanes of at least 4 members (excludes halogenated alkanes) is 1. The van der Waals surface area contributed by atoms with Crippen molar-refractivity contribution in [2.24, 2.45) is 17.2 Å². The summed E-state index contributed by atoms with van der Waals surface area (Å²) in [6, 6.07) is -5.41. The molecule has 0 aromatic heterocycles. The van der Waals surface area contributed by atoms with Gasteiger partial charge in [0.25, 0.3) is 0 Å². The number of rotatable bonds is 15. The number of aliphatic carboxylic acids is 2. The lowest BCUT2D eigenvalue weighted by atomic mass is 10.1. The number of nitrogens with two attached hydrogens (primary N) is 3. The Hall–Kier alpha value is -3.26. The van der Waals surface area contributed by atoms with Crippen LogP contribution in [-0.4, -0.2) is 76.5 Å². The van der Waals surface area contributed by atoms with Gasteiger partial charge < -0.3 is 43.4 Å². The fourth-order valence-electron chi connectivity index (χ4n) is 2.39. The monoisotopic (exact) mass is 446 g/mol. The molecule has 0 aromatic rings. The molecule has 11 N–H and O–H groups in total. The number of amides is 4. The van der Waals surface area contributed by atoms with E-state index in [9.17, 15) is 28.8 Å². The van der Waals surface area contributed by atoms with Crippen LogP contribution in [0.2, 0.25) is 0 Å². The first kappa shape index (κ1) is 27.7. The Morgan fingerprint density at radius 2 is 1.32 bits per heavy atom. The molecule has 0 heterocycles. The predicted molar refractivity (Wildman–Crippen MR) is 106 cm³/mol. The summed E-state index contributed by atoms with van der Waals surface area (Å²) in [6.45, 7) is 1.65. The fourth-order valence-corrected chi connectivity index (χ4v) is 2.39. The standard InChI is InChI=1S/C17H30N6O8/c1-8(19)14(27)22-10(6-12(20)24)16(29)21-9(4-2-3-5-18)15(28)23-11(17(30)31)7-13(25)26/h8-11H,2-7,18-19H2,1H3,(H2,20,24)(H,21,29)(H,22,27)(H,23,28)(H,25,26)(H,30,31). The Morgan fingerprint density at radius 3 is 1.77 bits per heavy atom. The normalized spacial score (nSPS) is 14.4. The van der Waals surface area contributed by atoms with Crippen molar-refractivity contribution in [3.05, 3.63) is 0 Å². The van der Waals surface area contributed by atoms with E-state index in [2.05, 4.69) is 16.0 Å². The number of carboxylic acid groups (broad SMARTS) is 2. The molecule has 0 spiro atoms. The van der Waals surface area contributed by atoms with Gasteiger partial charge in [-0.1, -0.05) is 0 Å². The zero-order valence-corrected chi connectivity index (χ0v) is 17.1. The molecule has 0 rings (SSSR count). The minimum atomic E-state index is -1.72. The summed E-state index contributed by atoms with van der Waals surface area (Å²) in [4.78, 5) is 70.2. The average Bonchev–Trinajstić information content (AvgIpc) is 2.64. The van der Waals surface area contributed by atoms with E-state index < -0.39 is 72.6 Å². The first-order valence-electron chi connectivity index (χ1n) is 9.48. The molecule has 0 saturated heterocycles. The Morgan fingerprint density at radius 1 is 0.806 bits per heavy atom. The van der Waals surface area contributed by atoms with Crippen LogP contribution in [0.25, 0.3) is 0 Å². The van der Waals surface area contributed by atoms with Crippen LogP contribution in [0, 0.1) is 0 Å². The molecule has 0 saturated carbocycles. The van der Waals surface area contributed by atoms with Gasteiger partial charge in [-0.3, -0.25) is 24.0 Å². The molecule has 0 aliphatic rings. The van der Waals surface area contributed by atoms with E-state index in [1.165, 1.54) is 6.92 Å². The first-order valence-corrected chi connectivity index (χ1v) is 9.48. The Labute approximate surface area is 178 Å². The topological polar surface area (TPSA) is 257 Å². The molecule has 0 radical (unpaired) electrons. The van der Waals surface area contributed by atoms with Crippen LogP contribution in [-0.2, 0) is 28.8 Å².